The van der Waals surface area contributed by atoms with Crippen molar-refractivity contribution in [2.75, 3.05) is 38.2 Å². The van der Waals surface area contributed by atoms with E-state index in [1.54, 1.807) is 28.6 Å². The van der Waals surface area contributed by atoms with E-state index < -0.39 is 30.0 Å². The number of hydrogen-bond donors (Lipinski definition) is 2. The highest BCUT2D eigenvalue weighted by atomic mass is 19.3. The third kappa shape index (κ3) is 10.0. The van der Waals surface area contributed by atoms with Crippen LogP contribution >= 0.6 is 0 Å². The van der Waals surface area contributed by atoms with E-state index in [-0.39, 0.29) is 41.3 Å². The van der Waals surface area contributed by atoms with E-state index in [9.17, 15) is 28.0 Å². The summed E-state index contributed by atoms with van der Waals surface area (Å²) in [5, 5.41) is 9.23. The number of carbonyl (C=O) groups excluding carboxylic acids is 3. The lowest BCUT2D eigenvalue weighted by atomic mass is 9.85. The number of amides is 3. The maximum Gasteiger partial charge on any atom is 0.329 e. The second kappa shape index (κ2) is 19.3. The van der Waals surface area contributed by atoms with Crippen LogP contribution in [-0.4, -0.2) is 84.4 Å². The van der Waals surface area contributed by atoms with Crippen molar-refractivity contribution >= 4 is 34.4 Å². The van der Waals surface area contributed by atoms with Crippen LogP contribution in [0.15, 0.2) is 58.2 Å². The van der Waals surface area contributed by atoms with Gasteiger partial charge in [-0.25, -0.2) is 18.6 Å². The molecule has 4 fully saturated rings. The Kier molecular flexibility index (Phi) is 13.2. The van der Waals surface area contributed by atoms with Crippen LogP contribution in [0, 0.1) is 17.8 Å². The second-order valence-corrected chi connectivity index (χ2v) is 18.3. The fourth-order valence-corrected chi connectivity index (χ4v) is 9.77. The lowest BCUT2D eigenvalue weighted by Gasteiger charge is -2.36. The molecule has 2 aliphatic carbocycles. The van der Waals surface area contributed by atoms with Crippen LogP contribution in [0.5, 0.6) is 0 Å². The van der Waals surface area contributed by atoms with Crippen LogP contribution in [0.2, 0.25) is 0 Å². The van der Waals surface area contributed by atoms with Gasteiger partial charge in [0.2, 0.25) is 17.7 Å². The Bertz CT molecular complexity index is 2530. The van der Waals surface area contributed by atoms with Gasteiger partial charge in [-0.1, -0.05) is 18.9 Å². The monoisotopic (exact) mass is 881 g/mol. The number of fused-ring (bicyclic) bond motifs is 1. The molecule has 6 heterocycles. The Morgan fingerprint density at radius 3 is 2.52 bits per heavy atom. The molecule has 1 aromatic carbocycles. The Hall–Kier alpha value is -5.55. The largest absolute Gasteiger partial charge is 0.444 e. The number of imide groups is 1. The first-order valence-electron chi connectivity index (χ1n) is 23.0. The van der Waals surface area contributed by atoms with Gasteiger partial charge in [0.15, 0.2) is 11.4 Å². The number of aromatic nitrogens is 6. The number of carbonyl (C=O) groups is 3. The Morgan fingerprint density at radius 1 is 0.953 bits per heavy atom. The standard InChI is InChI=1S/C47H57F2N9O6/c1-55-40-23-30(9-13-38(40)58(47(55)62)39-14-15-41(59)53-45(39)61)3-2-22-63-27-32-17-20-56(21-18-32)25-31-7-11-35(12-8-31)57-26-36(42(54-57)43(48)49)51-44(60)37-28-64-46(52-37)33-16-19-50-34(24-33)10-6-29-4-5-29/h9,13,16,19,23-24,26,28-29,31-32,35,39,43H,2-8,10-12,14-15,17-18,20-22,25,27H2,1H3,(H,51,60)(H,53,59,61). The van der Waals surface area contributed by atoms with Crippen molar-refractivity contribution in [1.82, 2.24) is 39.1 Å². The molecule has 2 saturated heterocycles. The predicted octanol–water partition coefficient (Wildman–Crippen LogP) is 7.19. The average Bonchev–Trinajstić information content (AvgIpc) is 3.71. The number of rotatable bonds is 17. The summed E-state index contributed by atoms with van der Waals surface area (Å²) in [5.41, 5.74) is 3.46. The van der Waals surface area contributed by atoms with Crippen molar-refractivity contribution in [3.05, 3.63) is 82.1 Å². The number of benzene rings is 1. The Labute approximate surface area is 369 Å². The lowest BCUT2D eigenvalue weighted by molar-refractivity contribution is -0.135. The van der Waals surface area contributed by atoms with Crippen molar-refractivity contribution in [2.45, 2.75) is 108 Å². The molecule has 5 aromatic rings. The molecule has 0 radical (unpaired) electrons. The van der Waals surface area contributed by atoms with Crippen molar-refractivity contribution < 1.29 is 32.3 Å². The number of nitrogens with zero attached hydrogens (tertiary/aromatic N) is 7. The summed E-state index contributed by atoms with van der Waals surface area (Å²) in [6, 6.07) is 8.87. The minimum Gasteiger partial charge on any atom is -0.444 e. The zero-order chi connectivity index (χ0) is 44.3. The minimum absolute atomic E-state index is 0.00247. The number of ether oxygens (including phenoxy) is 1. The zero-order valence-corrected chi connectivity index (χ0v) is 36.4. The minimum atomic E-state index is -2.85. The van der Waals surface area contributed by atoms with Gasteiger partial charge in [0.1, 0.15) is 12.3 Å². The molecule has 2 N–H and O–H groups in total. The maximum absolute atomic E-state index is 14.2. The van der Waals surface area contributed by atoms with Crippen LogP contribution < -0.4 is 16.3 Å². The van der Waals surface area contributed by atoms with Crippen LogP contribution in [0.3, 0.4) is 0 Å². The van der Waals surface area contributed by atoms with E-state index in [4.69, 9.17) is 9.15 Å². The van der Waals surface area contributed by atoms with Gasteiger partial charge < -0.3 is 19.4 Å². The number of halogens is 2. The summed E-state index contributed by atoms with van der Waals surface area (Å²) in [4.78, 5) is 61.8. The number of hydrogen-bond acceptors (Lipinski definition) is 10. The van der Waals surface area contributed by atoms with Crippen LogP contribution in [0.4, 0.5) is 14.5 Å². The summed E-state index contributed by atoms with van der Waals surface area (Å²) in [7, 11) is 1.71. The predicted molar refractivity (Wildman–Crippen MR) is 234 cm³/mol. The smallest absolute Gasteiger partial charge is 0.329 e. The molecule has 340 valence electrons. The third-order valence-corrected chi connectivity index (χ3v) is 13.7. The fraction of sp³-hybridized carbons (Fsp3) is 0.553. The first-order valence-corrected chi connectivity index (χ1v) is 23.0. The normalized spacial score (nSPS) is 21.2. The number of alkyl halides is 2. The number of pyridine rings is 1. The summed E-state index contributed by atoms with van der Waals surface area (Å²) < 4.78 is 44.8. The van der Waals surface area contributed by atoms with Crippen molar-refractivity contribution in [3.8, 4) is 11.5 Å². The van der Waals surface area contributed by atoms with Crippen LogP contribution in [-0.2, 0) is 34.2 Å². The molecule has 2 saturated carbocycles. The van der Waals surface area contributed by atoms with Crippen molar-refractivity contribution in [2.24, 2.45) is 24.8 Å². The van der Waals surface area contributed by atoms with Gasteiger partial charge in [-0.15, -0.1) is 0 Å². The van der Waals surface area contributed by atoms with E-state index in [2.05, 4.69) is 30.6 Å². The lowest BCUT2D eigenvalue weighted by Crippen LogP contribution is -2.44. The molecule has 64 heavy (non-hydrogen) atoms. The van der Waals surface area contributed by atoms with E-state index in [1.807, 2.05) is 24.3 Å². The third-order valence-electron chi connectivity index (χ3n) is 13.7. The SMILES string of the molecule is Cn1c(=O)n(C2CCC(=O)NC2=O)c2ccc(CCCOCC3CCN(CC4CCC(n5cc(NC(=O)c6coc(-c7ccnc(CCC8CC8)c7)n6)c(C(F)F)n5)CC4)CC3)cc21. The highest BCUT2D eigenvalue weighted by Crippen LogP contribution is 2.37. The highest BCUT2D eigenvalue weighted by molar-refractivity contribution is 6.03. The molecule has 3 amide bonds. The number of nitrogens with one attached hydrogen (secondary N) is 2. The average molecular weight is 882 g/mol. The van der Waals surface area contributed by atoms with E-state index in [1.165, 1.54) is 29.9 Å². The first kappa shape index (κ1) is 43.7. The molecule has 15 nitrogen and oxygen atoms in total. The van der Waals surface area contributed by atoms with E-state index in [0.29, 0.717) is 35.9 Å². The maximum atomic E-state index is 14.2. The molecule has 1 atom stereocenters. The number of oxazole rings is 1. The van der Waals surface area contributed by atoms with Gasteiger partial charge in [0.25, 0.3) is 12.3 Å². The van der Waals surface area contributed by atoms with Crippen LogP contribution in [0.25, 0.3) is 22.5 Å². The molecule has 4 aromatic heterocycles. The summed E-state index contributed by atoms with van der Waals surface area (Å²) in [6.45, 7) is 4.47. The summed E-state index contributed by atoms with van der Waals surface area (Å²) >= 11 is 0. The molecule has 9 rings (SSSR count). The number of likely N-dealkylation sites (tertiary alicyclic amines) is 1. The quantitative estimate of drug-likeness (QED) is 0.0720. The van der Waals surface area contributed by atoms with E-state index in [0.717, 1.165) is 113 Å². The molecular weight excluding hydrogens is 825 g/mol. The highest BCUT2D eigenvalue weighted by Gasteiger charge is 2.32. The topological polar surface area (TPSA) is 171 Å². The van der Waals surface area contributed by atoms with Gasteiger partial charge in [0, 0.05) is 56.9 Å². The van der Waals surface area contributed by atoms with Crippen molar-refractivity contribution in [1.29, 1.82) is 0 Å². The molecule has 0 spiro atoms. The molecule has 4 aliphatic rings. The second-order valence-electron chi connectivity index (χ2n) is 18.3. The van der Waals surface area contributed by atoms with Gasteiger partial charge in [-0.3, -0.25) is 38.5 Å². The molecule has 2 aliphatic heterocycles. The van der Waals surface area contributed by atoms with Gasteiger partial charge in [-0.05, 0) is 131 Å². The van der Waals surface area contributed by atoms with Gasteiger partial charge in [0.05, 0.1) is 22.8 Å². The van der Waals surface area contributed by atoms with Crippen molar-refractivity contribution in [3.63, 3.8) is 0 Å². The zero-order valence-electron chi connectivity index (χ0n) is 36.4. The molecule has 0 bridgehead atoms. The Balaban J connectivity index is 0.687. The Morgan fingerprint density at radius 2 is 1.75 bits per heavy atom. The summed E-state index contributed by atoms with van der Waals surface area (Å²) in [5.74, 6) is 0.724. The van der Waals surface area contributed by atoms with Crippen LogP contribution in [0.1, 0.15) is 123 Å². The fourth-order valence-electron chi connectivity index (χ4n) is 9.77. The molecular formula is C47H57F2N9O6. The van der Waals surface area contributed by atoms with Gasteiger partial charge in [-0.2, -0.15) is 5.10 Å². The van der Waals surface area contributed by atoms with Gasteiger partial charge >= 0.3 is 5.69 Å². The van der Waals surface area contributed by atoms with E-state index >= 15 is 0 Å². The molecule has 17 heteroatoms. The molecule has 1 unspecified atom stereocenters. The number of imidazole rings is 1. The summed E-state index contributed by atoms with van der Waals surface area (Å²) in [6.07, 6.45) is 14.1. The number of aryl methyl sites for hydroxylation is 3. The number of piperidine rings is 2. The first-order chi connectivity index (χ1) is 31.1. The number of anilines is 1.